The van der Waals surface area contributed by atoms with E-state index in [1.165, 1.54) is 5.56 Å². The first-order valence-electron chi connectivity index (χ1n) is 3.30. The van der Waals surface area contributed by atoms with Crippen molar-refractivity contribution in [2.45, 2.75) is 6.92 Å². The topological polar surface area (TPSA) is 69.2 Å². The molecule has 0 aromatic heterocycles. The standard InChI is InChI=1S/C7H8.ClH2NO3S.Na/c1-7-5-3-2-4-6-7;1-2-6(3,4)5;/h2-6H,1H3;2H,(H,3,4,5);/q;;+1/p-1. The van der Waals surface area contributed by atoms with Crippen LogP contribution >= 0.6 is 11.8 Å². The molecular weight excluding hydrogens is 237 g/mol. The van der Waals surface area contributed by atoms with Crippen LogP contribution in [-0.4, -0.2) is 13.0 Å². The normalized spacial score (nSPS) is 9.36. The molecule has 0 aliphatic rings. The van der Waals surface area contributed by atoms with E-state index in [2.05, 4.69) is 30.8 Å². The maximum absolute atomic E-state index is 9.20. The molecule has 7 heteroatoms. The Morgan fingerprint density at radius 1 is 1.29 bits per heavy atom. The summed E-state index contributed by atoms with van der Waals surface area (Å²) in [6.45, 7) is 2.08. The fourth-order valence-corrected chi connectivity index (χ4v) is 0.534. The molecular formula is C7H9ClNNaO3S. The minimum atomic E-state index is -4.40. The van der Waals surface area contributed by atoms with Crippen LogP contribution in [0.2, 0.25) is 0 Å². The van der Waals surface area contributed by atoms with Crippen molar-refractivity contribution in [3.8, 4) is 0 Å². The molecule has 0 bridgehead atoms. The third-order valence-electron chi connectivity index (χ3n) is 1.03. The number of rotatable bonds is 1. The molecule has 14 heavy (non-hydrogen) atoms. The molecule has 0 spiro atoms. The fraction of sp³-hybridized carbons (Fsp3) is 0.143. The van der Waals surface area contributed by atoms with E-state index in [-0.39, 0.29) is 29.6 Å². The van der Waals surface area contributed by atoms with Gasteiger partial charge in [0.15, 0.2) is 10.3 Å². The summed E-state index contributed by atoms with van der Waals surface area (Å²) in [4.78, 5) is 0. The summed E-state index contributed by atoms with van der Waals surface area (Å²) in [6, 6.07) is 10.3. The van der Waals surface area contributed by atoms with Crippen LogP contribution in [0.1, 0.15) is 5.56 Å². The maximum atomic E-state index is 9.20. The van der Waals surface area contributed by atoms with Gasteiger partial charge in [-0.25, -0.2) is 8.42 Å². The molecule has 0 fully saturated rings. The van der Waals surface area contributed by atoms with Gasteiger partial charge < -0.3 is 4.55 Å². The maximum Gasteiger partial charge on any atom is 1.00 e. The third kappa shape index (κ3) is 12.4. The van der Waals surface area contributed by atoms with Crippen molar-refractivity contribution in [1.82, 2.24) is 4.24 Å². The molecule has 0 radical (unpaired) electrons. The van der Waals surface area contributed by atoms with E-state index in [0.29, 0.717) is 0 Å². The van der Waals surface area contributed by atoms with Gasteiger partial charge in [0.25, 0.3) is 0 Å². The summed E-state index contributed by atoms with van der Waals surface area (Å²) in [5.74, 6) is 0. The summed E-state index contributed by atoms with van der Waals surface area (Å²) >= 11 is 4.33. The Labute approximate surface area is 111 Å². The van der Waals surface area contributed by atoms with Crippen molar-refractivity contribution < 1.29 is 42.5 Å². The first-order valence-corrected chi connectivity index (χ1v) is 5.09. The third-order valence-corrected chi connectivity index (χ3v) is 1.79. The smallest absolute Gasteiger partial charge is 0.735 e. The van der Waals surface area contributed by atoms with Crippen molar-refractivity contribution in [2.75, 3.05) is 0 Å². The molecule has 0 heterocycles. The number of halogens is 1. The van der Waals surface area contributed by atoms with E-state index in [9.17, 15) is 13.0 Å². The average Bonchev–Trinajstić information content (AvgIpc) is 2.06. The van der Waals surface area contributed by atoms with Crippen molar-refractivity contribution >= 4 is 22.1 Å². The summed E-state index contributed by atoms with van der Waals surface area (Å²) in [5.41, 5.74) is 1.32. The zero-order valence-electron chi connectivity index (χ0n) is 7.90. The Kier molecular flexibility index (Phi) is 10.4. The van der Waals surface area contributed by atoms with Crippen LogP contribution < -0.4 is 33.8 Å². The molecule has 1 aromatic rings. The minimum Gasteiger partial charge on any atom is -0.735 e. The molecule has 74 valence electrons. The largest absolute Gasteiger partial charge is 1.00 e. The average molecular weight is 246 g/mol. The van der Waals surface area contributed by atoms with Crippen LogP contribution in [0.4, 0.5) is 0 Å². The van der Waals surface area contributed by atoms with Gasteiger partial charge in [0.2, 0.25) is 0 Å². The molecule has 1 aromatic carbocycles. The monoisotopic (exact) mass is 245 g/mol. The van der Waals surface area contributed by atoms with Crippen molar-refractivity contribution in [2.24, 2.45) is 0 Å². The van der Waals surface area contributed by atoms with Gasteiger partial charge in [-0.3, -0.25) is 0 Å². The fourth-order valence-electron chi connectivity index (χ4n) is 0.534. The van der Waals surface area contributed by atoms with E-state index in [1.54, 1.807) is 0 Å². The van der Waals surface area contributed by atoms with E-state index in [0.717, 1.165) is 4.24 Å². The van der Waals surface area contributed by atoms with Crippen molar-refractivity contribution in [3.05, 3.63) is 35.9 Å². The number of aryl methyl sites for hydroxylation is 1. The zero-order chi connectivity index (χ0) is 10.3. The van der Waals surface area contributed by atoms with Crippen LogP contribution in [0.3, 0.4) is 0 Å². The minimum absolute atomic E-state index is 0. The van der Waals surface area contributed by atoms with Crippen LogP contribution in [0.5, 0.6) is 0 Å². The second-order valence-electron chi connectivity index (χ2n) is 2.19. The summed E-state index contributed by atoms with van der Waals surface area (Å²) in [6.07, 6.45) is 0. The second-order valence-corrected chi connectivity index (χ2v) is 3.71. The first-order chi connectivity index (χ1) is 5.95. The quantitative estimate of drug-likeness (QED) is 0.360. The second kappa shape index (κ2) is 8.67. The Hall–Kier alpha value is 0.380. The Morgan fingerprint density at radius 3 is 1.79 bits per heavy atom. The zero-order valence-corrected chi connectivity index (χ0v) is 11.5. The van der Waals surface area contributed by atoms with Crippen LogP contribution in [0.25, 0.3) is 0 Å². The summed E-state index contributed by atoms with van der Waals surface area (Å²) in [7, 11) is -4.40. The Morgan fingerprint density at radius 2 is 1.64 bits per heavy atom. The van der Waals surface area contributed by atoms with Crippen LogP contribution in [0.15, 0.2) is 30.3 Å². The van der Waals surface area contributed by atoms with Gasteiger partial charge in [0, 0.05) is 0 Å². The molecule has 0 saturated carbocycles. The molecule has 1 rings (SSSR count). The van der Waals surface area contributed by atoms with Gasteiger partial charge in [0.05, 0.1) is 0 Å². The van der Waals surface area contributed by atoms with E-state index < -0.39 is 10.3 Å². The summed E-state index contributed by atoms with van der Waals surface area (Å²) in [5, 5.41) is 0. The summed E-state index contributed by atoms with van der Waals surface area (Å²) < 4.78 is 28.6. The van der Waals surface area contributed by atoms with Gasteiger partial charge in [-0.15, -0.1) is 4.24 Å². The predicted octanol–water partition coefficient (Wildman–Crippen LogP) is -1.81. The van der Waals surface area contributed by atoms with Gasteiger partial charge in [-0.2, -0.15) is 0 Å². The number of nitrogens with one attached hydrogen (secondary N) is 1. The first kappa shape index (κ1) is 16.8. The molecule has 0 atom stereocenters. The number of hydrogen-bond acceptors (Lipinski definition) is 3. The SMILES string of the molecule is Cc1ccccc1.O=S(=O)([O-])NCl.[Na+]. The molecule has 0 aliphatic carbocycles. The molecule has 0 unspecified atom stereocenters. The Bertz CT molecular complexity index is 330. The van der Waals surface area contributed by atoms with Crippen molar-refractivity contribution in [3.63, 3.8) is 0 Å². The van der Waals surface area contributed by atoms with Crippen LogP contribution in [-0.2, 0) is 10.3 Å². The van der Waals surface area contributed by atoms with E-state index in [1.807, 2.05) is 18.2 Å². The molecule has 0 amide bonds. The van der Waals surface area contributed by atoms with Gasteiger partial charge >= 0.3 is 29.6 Å². The Balaban J connectivity index is 0. The van der Waals surface area contributed by atoms with Gasteiger partial charge in [-0.05, 0) is 18.7 Å². The predicted molar refractivity (Wildman–Crippen MR) is 49.9 cm³/mol. The number of hydrogen-bond donors (Lipinski definition) is 1. The molecule has 0 saturated heterocycles. The number of benzene rings is 1. The van der Waals surface area contributed by atoms with Gasteiger partial charge in [0.1, 0.15) is 0 Å². The van der Waals surface area contributed by atoms with Gasteiger partial charge in [-0.1, -0.05) is 35.9 Å². The van der Waals surface area contributed by atoms with E-state index in [4.69, 9.17) is 0 Å². The van der Waals surface area contributed by atoms with Crippen molar-refractivity contribution in [1.29, 1.82) is 0 Å². The molecule has 1 N–H and O–H groups in total. The van der Waals surface area contributed by atoms with E-state index >= 15 is 0 Å². The molecule has 0 aliphatic heterocycles. The van der Waals surface area contributed by atoms with Crippen LogP contribution in [0, 0.1) is 6.92 Å². The molecule has 4 nitrogen and oxygen atoms in total.